The number of hydrogen-bond acceptors (Lipinski definition) is 9. The van der Waals surface area contributed by atoms with Gasteiger partial charge in [-0.3, -0.25) is 9.59 Å². The molecular formula is C19H17N8NaO5S. The van der Waals surface area contributed by atoms with Crippen LogP contribution in [0.4, 0.5) is 10.5 Å². The SMILES string of the molecule is Cn1nnnc1SC1=C(C(=O)[O-])N2C(=O)[C@@H]3[C@H]2C1CCN3C(=O)Nc1ccc(C(N)=O)cc1.[Na+]. The number of carbonyl (C=O) groups is 4. The van der Waals surface area contributed by atoms with E-state index in [1.165, 1.54) is 38.7 Å². The fourth-order valence-electron chi connectivity index (χ4n) is 4.51. The van der Waals surface area contributed by atoms with E-state index in [0.29, 0.717) is 27.7 Å². The Labute approximate surface area is 219 Å². The third-order valence-electron chi connectivity index (χ3n) is 6.01. The molecule has 2 aromatic rings. The number of aryl methyl sites for hydroxylation is 1. The predicted octanol–water partition coefficient (Wildman–Crippen LogP) is -4.49. The molecule has 13 nitrogen and oxygen atoms in total. The largest absolute Gasteiger partial charge is 1.00 e. The van der Waals surface area contributed by atoms with E-state index >= 15 is 0 Å². The second-order valence-corrected chi connectivity index (χ2v) is 8.80. The summed E-state index contributed by atoms with van der Waals surface area (Å²) in [7, 11) is 1.63. The van der Waals surface area contributed by atoms with Crippen molar-refractivity contribution in [1.29, 1.82) is 0 Å². The predicted molar refractivity (Wildman–Crippen MR) is 110 cm³/mol. The van der Waals surface area contributed by atoms with Crippen molar-refractivity contribution in [1.82, 2.24) is 30.0 Å². The smallest absolute Gasteiger partial charge is 0.543 e. The summed E-state index contributed by atoms with van der Waals surface area (Å²) in [5.74, 6) is -2.80. The summed E-state index contributed by atoms with van der Waals surface area (Å²) in [5.41, 5.74) is 5.76. The van der Waals surface area contributed by atoms with E-state index in [2.05, 4.69) is 20.8 Å². The zero-order valence-corrected chi connectivity index (χ0v) is 21.0. The fourth-order valence-corrected chi connectivity index (χ4v) is 5.64. The average molecular weight is 492 g/mol. The molecule has 3 aliphatic heterocycles. The minimum Gasteiger partial charge on any atom is -0.543 e. The molecule has 2 saturated heterocycles. The number of nitrogens with zero attached hydrogens (tertiary/aromatic N) is 6. The maximum atomic E-state index is 12.9. The Morgan fingerprint density at radius 3 is 2.53 bits per heavy atom. The van der Waals surface area contributed by atoms with Crippen LogP contribution >= 0.6 is 11.8 Å². The number of rotatable bonds is 5. The van der Waals surface area contributed by atoms with Crippen molar-refractivity contribution >= 4 is 41.3 Å². The van der Waals surface area contributed by atoms with Gasteiger partial charge < -0.3 is 30.8 Å². The number of amides is 4. The number of benzene rings is 1. The molecule has 1 unspecified atom stereocenters. The number of aliphatic carboxylic acids is 1. The Morgan fingerprint density at radius 2 is 1.94 bits per heavy atom. The molecule has 0 spiro atoms. The Morgan fingerprint density at radius 1 is 1.24 bits per heavy atom. The van der Waals surface area contributed by atoms with Gasteiger partial charge in [0.15, 0.2) is 0 Å². The number of thioether (sulfide) groups is 1. The van der Waals surface area contributed by atoms with Crippen LogP contribution < -0.4 is 45.7 Å². The summed E-state index contributed by atoms with van der Waals surface area (Å²) in [4.78, 5) is 52.1. The van der Waals surface area contributed by atoms with E-state index < -0.39 is 35.9 Å². The molecule has 3 aliphatic rings. The monoisotopic (exact) mass is 492 g/mol. The van der Waals surface area contributed by atoms with Gasteiger partial charge in [0.05, 0.1) is 17.7 Å². The molecule has 0 radical (unpaired) electrons. The molecule has 1 aromatic heterocycles. The van der Waals surface area contributed by atoms with Crippen molar-refractivity contribution in [3.8, 4) is 0 Å². The number of hydrogen-bond donors (Lipinski definition) is 2. The number of nitrogens with one attached hydrogen (secondary N) is 1. The average Bonchev–Trinajstić information content (AvgIpc) is 3.33. The molecule has 1 aromatic carbocycles. The second-order valence-electron chi connectivity index (χ2n) is 7.79. The Kier molecular flexibility index (Phi) is 6.42. The van der Waals surface area contributed by atoms with E-state index in [-0.39, 0.29) is 47.7 Å². The van der Waals surface area contributed by atoms with Crippen LogP contribution in [0, 0.1) is 5.92 Å². The van der Waals surface area contributed by atoms with E-state index in [0.717, 1.165) is 11.8 Å². The second kappa shape index (κ2) is 9.02. The number of anilines is 1. The summed E-state index contributed by atoms with van der Waals surface area (Å²) < 4.78 is 1.41. The Bertz CT molecular complexity index is 1230. The van der Waals surface area contributed by atoms with Crippen molar-refractivity contribution in [3.63, 3.8) is 0 Å². The number of carbonyl (C=O) groups excluding carboxylic acids is 4. The molecule has 4 amide bonds. The number of primary amides is 1. The van der Waals surface area contributed by atoms with Crippen LogP contribution in [0.3, 0.4) is 0 Å². The fraction of sp³-hybridized carbons (Fsp3) is 0.316. The summed E-state index contributed by atoms with van der Waals surface area (Å²) in [6.45, 7) is 0.248. The number of tetrazole rings is 1. The maximum Gasteiger partial charge on any atom is 1.00 e. The van der Waals surface area contributed by atoms with Gasteiger partial charge in [0.1, 0.15) is 6.04 Å². The molecular weight excluding hydrogens is 475 g/mol. The summed E-state index contributed by atoms with van der Waals surface area (Å²) in [6.07, 6.45) is 0.448. The molecule has 5 rings (SSSR count). The molecule has 0 aliphatic carbocycles. The van der Waals surface area contributed by atoms with Crippen molar-refractivity contribution in [2.45, 2.75) is 23.7 Å². The van der Waals surface area contributed by atoms with Crippen LogP contribution in [0.15, 0.2) is 40.0 Å². The normalized spacial score (nSPS) is 22.6. The molecule has 34 heavy (non-hydrogen) atoms. The molecule has 170 valence electrons. The summed E-state index contributed by atoms with van der Waals surface area (Å²) in [6, 6.07) is 4.26. The van der Waals surface area contributed by atoms with Crippen LogP contribution in [0.1, 0.15) is 16.8 Å². The molecule has 4 heterocycles. The summed E-state index contributed by atoms with van der Waals surface area (Å²) >= 11 is 1.09. The van der Waals surface area contributed by atoms with Gasteiger partial charge in [0.2, 0.25) is 11.1 Å². The van der Waals surface area contributed by atoms with Gasteiger partial charge in [-0.2, -0.15) is 0 Å². The van der Waals surface area contributed by atoms with Crippen LogP contribution in [-0.4, -0.2) is 72.5 Å². The van der Waals surface area contributed by atoms with Gasteiger partial charge in [-0.05, 0) is 41.1 Å². The number of carboxylic acid groups (broad SMARTS) is 1. The Hall–Kier alpha value is -2.94. The molecule has 0 bridgehead atoms. The van der Waals surface area contributed by atoms with Crippen LogP contribution in [0.2, 0.25) is 0 Å². The number of β-lactam (4-membered cyclic amide) rings is 1. The van der Waals surface area contributed by atoms with Gasteiger partial charge in [-0.25, -0.2) is 9.48 Å². The zero-order chi connectivity index (χ0) is 23.4. The maximum absolute atomic E-state index is 12.9. The van der Waals surface area contributed by atoms with Gasteiger partial charge in [-0.15, -0.1) is 5.10 Å². The Balaban J connectivity index is 0.00000274. The van der Waals surface area contributed by atoms with Crippen molar-refractivity contribution in [2.24, 2.45) is 18.7 Å². The van der Waals surface area contributed by atoms with Gasteiger partial charge in [0.25, 0.3) is 5.91 Å². The third kappa shape index (κ3) is 3.76. The van der Waals surface area contributed by atoms with E-state index in [9.17, 15) is 24.3 Å². The first-order valence-electron chi connectivity index (χ1n) is 9.94. The van der Waals surface area contributed by atoms with E-state index in [4.69, 9.17) is 5.73 Å². The molecule has 0 saturated carbocycles. The molecule has 3 N–H and O–H groups in total. The van der Waals surface area contributed by atoms with Gasteiger partial charge in [0, 0.05) is 35.7 Å². The van der Waals surface area contributed by atoms with E-state index in [1.807, 2.05) is 0 Å². The van der Waals surface area contributed by atoms with E-state index in [1.54, 1.807) is 7.05 Å². The molecule has 2 fully saturated rings. The number of piperidine rings is 1. The third-order valence-corrected chi connectivity index (χ3v) is 7.25. The number of likely N-dealkylation sites (tertiary alicyclic amines) is 1. The number of aromatic nitrogens is 4. The van der Waals surface area contributed by atoms with Crippen LogP contribution in [0.5, 0.6) is 0 Å². The number of nitrogens with two attached hydrogens (primary N) is 1. The van der Waals surface area contributed by atoms with Gasteiger partial charge >= 0.3 is 35.6 Å². The quantitative estimate of drug-likeness (QED) is 0.307. The van der Waals surface area contributed by atoms with Gasteiger partial charge in [-0.1, -0.05) is 11.8 Å². The number of carboxylic acids is 1. The number of urea groups is 1. The molecule has 15 heteroatoms. The van der Waals surface area contributed by atoms with Crippen molar-refractivity contribution in [3.05, 3.63) is 40.4 Å². The van der Waals surface area contributed by atoms with Crippen LogP contribution in [-0.2, 0) is 16.6 Å². The topological polar surface area (TPSA) is 179 Å². The standard InChI is InChI=1S/C19H18N8O5S.Na/c1-25-19(22-23-24-25)33-14-10-6-7-26(12-11(10)27(16(12)29)13(14)17(30)31)18(32)21-9-4-2-8(3-5-9)15(20)28;/h2-5,10-12H,6-7H2,1H3,(H2,20,28)(H,21,32)(H,30,31);/q;+1/p-1/t10?,11-,12+;/m1./s1. The zero-order valence-electron chi connectivity index (χ0n) is 18.2. The first kappa shape index (κ1) is 24.2. The van der Waals surface area contributed by atoms with Crippen LogP contribution in [0.25, 0.3) is 0 Å². The first-order valence-corrected chi connectivity index (χ1v) is 10.8. The minimum atomic E-state index is -1.46. The first-order chi connectivity index (χ1) is 15.8. The molecule has 3 atom stereocenters. The van der Waals surface area contributed by atoms with Crippen molar-refractivity contribution in [2.75, 3.05) is 11.9 Å². The summed E-state index contributed by atoms with van der Waals surface area (Å²) in [5, 5.41) is 26.2. The minimum absolute atomic E-state index is 0. The van der Waals surface area contributed by atoms with Crippen molar-refractivity contribution < 1.29 is 53.8 Å².